The van der Waals surface area contributed by atoms with Crippen molar-refractivity contribution in [2.45, 2.75) is 84.9 Å². The van der Waals surface area contributed by atoms with E-state index in [9.17, 15) is 19.5 Å². The Morgan fingerprint density at radius 1 is 0.975 bits per heavy atom. The average Bonchev–Trinajstić information content (AvgIpc) is 2.86. The fourth-order valence-electron chi connectivity index (χ4n) is 4.31. The number of ether oxygens (including phenoxy) is 1. The molecule has 4 N–H and O–H groups in total. The number of aromatic hydroxyl groups is 1. The minimum atomic E-state index is -0.982. The predicted molar refractivity (Wildman–Crippen MR) is 162 cm³/mol. The number of hydrogen-bond acceptors (Lipinski definition) is 6. The summed E-state index contributed by atoms with van der Waals surface area (Å²) in [5, 5.41) is 18.5. The summed E-state index contributed by atoms with van der Waals surface area (Å²) in [4.78, 5) is 39.4. The third-order valence-corrected chi connectivity index (χ3v) is 7.20. The molecule has 40 heavy (non-hydrogen) atoms. The number of thioether (sulfide) groups is 1. The summed E-state index contributed by atoms with van der Waals surface area (Å²) in [5.74, 6) is 1.04. The first kappa shape index (κ1) is 33.0. The van der Waals surface area contributed by atoms with Crippen molar-refractivity contribution < 1.29 is 24.2 Å². The first-order valence-electron chi connectivity index (χ1n) is 13.9. The number of phenols is 1. The van der Waals surface area contributed by atoms with Gasteiger partial charge in [0, 0.05) is 13.0 Å². The number of aryl methyl sites for hydroxylation is 3. The fourth-order valence-corrected chi connectivity index (χ4v) is 5.01. The number of amides is 3. The van der Waals surface area contributed by atoms with Gasteiger partial charge in [0.1, 0.15) is 23.4 Å². The molecule has 2 aromatic carbocycles. The maximum Gasteiger partial charge on any atom is 0.408 e. The number of phenolic OH excluding ortho intramolecular Hbond substituents is 1. The van der Waals surface area contributed by atoms with E-state index in [4.69, 9.17) is 4.74 Å². The second-order valence-electron chi connectivity index (χ2n) is 10.9. The van der Waals surface area contributed by atoms with Gasteiger partial charge in [-0.15, -0.1) is 0 Å². The lowest BCUT2D eigenvalue weighted by molar-refractivity contribution is -0.130. The normalized spacial score (nSPS) is 12.8. The number of alkyl carbamates (subject to hydrolysis) is 1. The van der Waals surface area contributed by atoms with Crippen molar-refractivity contribution in [1.29, 1.82) is 0 Å². The number of benzene rings is 2. The van der Waals surface area contributed by atoms with Crippen LogP contribution in [0.5, 0.6) is 5.75 Å². The zero-order valence-electron chi connectivity index (χ0n) is 24.6. The highest BCUT2D eigenvalue weighted by Crippen LogP contribution is 2.22. The van der Waals surface area contributed by atoms with Crippen LogP contribution in [0.25, 0.3) is 0 Å². The molecular formula is C31H45N3O5S. The number of rotatable bonds is 14. The highest BCUT2D eigenvalue weighted by molar-refractivity contribution is 7.99. The van der Waals surface area contributed by atoms with Crippen LogP contribution in [0.2, 0.25) is 0 Å². The van der Waals surface area contributed by atoms with Gasteiger partial charge in [0.15, 0.2) is 0 Å². The van der Waals surface area contributed by atoms with Gasteiger partial charge in [-0.3, -0.25) is 9.59 Å². The van der Waals surface area contributed by atoms with Crippen LogP contribution >= 0.6 is 11.8 Å². The molecule has 3 amide bonds. The Morgan fingerprint density at radius 2 is 1.62 bits per heavy atom. The predicted octanol–water partition coefficient (Wildman–Crippen LogP) is 4.82. The average molecular weight is 572 g/mol. The summed E-state index contributed by atoms with van der Waals surface area (Å²) in [5.41, 5.74) is 2.89. The molecule has 0 aliphatic heterocycles. The van der Waals surface area contributed by atoms with Gasteiger partial charge < -0.3 is 25.8 Å². The Morgan fingerprint density at radius 3 is 2.23 bits per heavy atom. The third-order valence-electron chi connectivity index (χ3n) is 6.27. The van der Waals surface area contributed by atoms with Crippen LogP contribution in [-0.2, 0) is 27.2 Å². The van der Waals surface area contributed by atoms with Gasteiger partial charge in [0.25, 0.3) is 0 Å². The molecule has 0 bridgehead atoms. The molecule has 0 radical (unpaired) electrons. The largest absolute Gasteiger partial charge is 0.508 e. The number of carbonyl (C=O) groups is 3. The second-order valence-corrected chi connectivity index (χ2v) is 12.3. The maximum atomic E-state index is 13.6. The lowest BCUT2D eigenvalue weighted by Crippen LogP contribution is -2.55. The number of nitrogens with one attached hydrogen (secondary N) is 3. The van der Waals surface area contributed by atoms with Gasteiger partial charge in [-0.2, -0.15) is 11.8 Å². The first-order valence-corrected chi connectivity index (χ1v) is 15.0. The fraction of sp³-hybridized carbons (Fsp3) is 0.516. The van der Waals surface area contributed by atoms with E-state index in [-0.39, 0.29) is 18.1 Å². The van der Waals surface area contributed by atoms with Crippen molar-refractivity contribution in [2.24, 2.45) is 0 Å². The summed E-state index contributed by atoms with van der Waals surface area (Å²) in [6, 6.07) is 11.6. The zero-order chi connectivity index (χ0) is 29.7. The minimum Gasteiger partial charge on any atom is -0.508 e. The van der Waals surface area contributed by atoms with Gasteiger partial charge in [-0.05, 0) is 99.8 Å². The van der Waals surface area contributed by atoms with Crippen LogP contribution in [0.1, 0.15) is 62.8 Å². The lowest BCUT2D eigenvalue weighted by Gasteiger charge is -2.26. The van der Waals surface area contributed by atoms with Crippen molar-refractivity contribution >= 4 is 29.7 Å². The molecule has 2 atom stereocenters. The SMILES string of the molecule is CCSCC[C@@H](NC(=O)[C@H](Cc1c(C)cc(O)cc1C)NC(=O)OC(C)(C)C)C(=O)NCCCc1ccccc1. The Kier molecular flexibility index (Phi) is 13.3. The molecule has 0 aliphatic carbocycles. The monoisotopic (exact) mass is 571 g/mol. The molecule has 220 valence electrons. The highest BCUT2D eigenvalue weighted by Gasteiger charge is 2.29. The van der Waals surface area contributed by atoms with E-state index in [0.29, 0.717) is 18.7 Å². The molecule has 0 saturated carbocycles. The molecule has 0 unspecified atom stereocenters. The summed E-state index contributed by atoms with van der Waals surface area (Å²) < 4.78 is 5.42. The summed E-state index contributed by atoms with van der Waals surface area (Å²) in [6.45, 7) is 11.5. The number of carbonyl (C=O) groups excluding carboxylic acids is 3. The van der Waals surface area contributed by atoms with Gasteiger partial charge in [0.05, 0.1) is 0 Å². The minimum absolute atomic E-state index is 0.136. The van der Waals surface area contributed by atoms with E-state index in [1.807, 2.05) is 39.0 Å². The van der Waals surface area contributed by atoms with E-state index in [1.54, 1.807) is 44.7 Å². The van der Waals surface area contributed by atoms with Crippen molar-refractivity contribution in [3.63, 3.8) is 0 Å². The Bertz CT molecular complexity index is 1090. The van der Waals surface area contributed by atoms with Crippen LogP contribution in [-0.4, -0.2) is 58.7 Å². The quantitative estimate of drug-likeness (QED) is 0.242. The van der Waals surface area contributed by atoms with Gasteiger partial charge >= 0.3 is 6.09 Å². The summed E-state index contributed by atoms with van der Waals surface area (Å²) in [7, 11) is 0. The molecular weight excluding hydrogens is 526 g/mol. The molecule has 9 heteroatoms. The van der Waals surface area contributed by atoms with Crippen molar-refractivity contribution in [2.75, 3.05) is 18.1 Å². The van der Waals surface area contributed by atoms with Crippen molar-refractivity contribution in [3.8, 4) is 5.75 Å². The molecule has 0 heterocycles. The second kappa shape index (κ2) is 16.2. The summed E-state index contributed by atoms with van der Waals surface area (Å²) >= 11 is 1.70. The lowest BCUT2D eigenvalue weighted by atomic mass is 9.95. The van der Waals surface area contributed by atoms with E-state index >= 15 is 0 Å². The smallest absolute Gasteiger partial charge is 0.408 e. The van der Waals surface area contributed by atoms with Gasteiger partial charge in [-0.25, -0.2) is 4.79 Å². The van der Waals surface area contributed by atoms with Gasteiger partial charge in [-0.1, -0.05) is 37.3 Å². The van der Waals surface area contributed by atoms with E-state index in [1.165, 1.54) is 5.56 Å². The molecule has 2 aromatic rings. The Labute approximate surface area is 243 Å². The highest BCUT2D eigenvalue weighted by atomic mass is 32.2. The molecule has 0 saturated heterocycles. The van der Waals surface area contributed by atoms with Crippen molar-refractivity contribution in [3.05, 3.63) is 64.7 Å². The summed E-state index contributed by atoms with van der Waals surface area (Å²) in [6.07, 6.45) is 1.55. The molecule has 8 nitrogen and oxygen atoms in total. The third kappa shape index (κ3) is 11.9. The maximum absolute atomic E-state index is 13.6. The number of hydrogen-bond donors (Lipinski definition) is 4. The Hall–Kier alpha value is -3.20. The van der Waals surface area contributed by atoms with Crippen LogP contribution in [0.15, 0.2) is 42.5 Å². The van der Waals surface area contributed by atoms with E-state index in [0.717, 1.165) is 35.3 Å². The van der Waals surface area contributed by atoms with E-state index < -0.39 is 29.7 Å². The van der Waals surface area contributed by atoms with Gasteiger partial charge in [0.2, 0.25) is 11.8 Å². The van der Waals surface area contributed by atoms with Crippen LogP contribution in [0.4, 0.5) is 4.79 Å². The zero-order valence-corrected chi connectivity index (χ0v) is 25.5. The molecule has 2 rings (SSSR count). The molecule has 0 fully saturated rings. The molecule has 0 aromatic heterocycles. The Balaban J connectivity index is 2.15. The standard InChI is InChI=1S/C31H45N3O5S/c1-7-40-17-15-26(28(36)32-16-11-14-23-12-9-8-10-13-23)33-29(37)27(34-30(38)39-31(4,5)6)20-25-21(2)18-24(35)19-22(25)3/h8-10,12-13,18-19,26-27,35H,7,11,14-17,20H2,1-6H3,(H,32,36)(H,33,37)(H,34,38)/t26-,27+/m1/s1. The van der Waals surface area contributed by atoms with E-state index in [2.05, 4.69) is 28.1 Å². The molecule has 0 spiro atoms. The van der Waals surface area contributed by atoms with Crippen LogP contribution < -0.4 is 16.0 Å². The first-order chi connectivity index (χ1) is 18.9. The van der Waals surface area contributed by atoms with Crippen LogP contribution in [0.3, 0.4) is 0 Å². The molecule has 0 aliphatic rings. The van der Waals surface area contributed by atoms with Crippen LogP contribution in [0, 0.1) is 13.8 Å². The topological polar surface area (TPSA) is 117 Å². The van der Waals surface area contributed by atoms with Crippen molar-refractivity contribution in [1.82, 2.24) is 16.0 Å².